The summed E-state index contributed by atoms with van der Waals surface area (Å²) in [7, 11) is 0. The normalized spacial score (nSPS) is 11.1. The van der Waals surface area contributed by atoms with Crippen molar-refractivity contribution in [2.75, 3.05) is 0 Å². The molecule has 0 spiro atoms. The van der Waals surface area contributed by atoms with E-state index in [2.05, 4.69) is 0 Å². The molecule has 0 aliphatic carbocycles. The lowest BCUT2D eigenvalue weighted by molar-refractivity contribution is 0.102. The van der Waals surface area contributed by atoms with E-state index in [0.29, 0.717) is 11.8 Å². The van der Waals surface area contributed by atoms with E-state index in [0.717, 1.165) is 11.5 Å². The van der Waals surface area contributed by atoms with E-state index in [1.54, 1.807) is 12.1 Å². The first-order chi connectivity index (χ1) is 6.81. The second-order valence-electron chi connectivity index (χ2n) is 2.83. The third-order valence-corrected chi connectivity index (χ3v) is 1.89. The van der Waals surface area contributed by atoms with Crippen molar-refractivity contribution >= 4 is 16.8 Å². The zero-order chi connectivity index (χ0) is 9.97. The maximum absolute atomic E-state index is 11.3. The number of ketones is 1. The molecule has 1 aromatic heterocycles. The SMILES string of the molecule is O=C(/C=C/O)c1cc2ccccc2o1. The summed E-state index contributed by atoms with van der Waals surface area (Å²) in [6.07, 6.45) is 1.76. The molecule has 0 unspecified atom stereocenters. The second kappa shape index (κ2) is 3.38. The first-order valence-electron chi connectivity index (χ1n) is 4.15. The Morgan fingerprint density at radius 3 is 2.86 bits per heavy atom. The molecule has 2 aromatic rings. The lowest BCUT2D eigenvalue weighted by atomic mass is 10.2. The molecule has 3 heteroatoms. The molecule has 0 saturated carbocycles. The van der Waals surface area contributed by atoms with Crippen LogP contribution in [-0.2, 0) is 0 Å². The van der Waals surface area contributed by atoms with Crippen molar-refractivity contribution in [2.24, 2.45) is 0 Å². The van der Waals surface area contributed by atoms with Crippen molar-refractivity contribution in [1.82, 2.24) is 0 Å². The maximum Gasteiger partial charge on any atom is 0.224 e. The van der Waals surface area contributed by atoms with Gasteiger partial charge in [-0.2, -0.15) is 0 Å². The van der Waals surface area contributed by atoms with Crippen molar-refractivity contribution in [2.45, 2.75) is 0 Å². The number of benzene rings is 1. The van der Waals surface area contributed by atoms with Crippen LogP contribution in [0, 0.1) is 0 Å². The molecule has 0 aliphatic rings. The molecular weight excluding hydrogens is 180 g/mol. The van der Waals surface area contributed by atoms with Gasteiger partial charge in [0, 0.05) is 11.5 Å². The Labute approximate surface area is 80.3 Å². The Kier molecular flexibility index (Phi) is 2.07. The van der Waals surface area contributed by atoms with Crippen LogP contribution in [0.1, 0.15) is 10.6 Å². The topological polar surface area (TPSA) is 50.4 Å². The number of hydrogen-bond donors (Lipinski definition) is 1. The molecule has 0 radical (unpaired) electrons. The van der Waals surface area contributed by atoms with Gasteiger partial charge in [0.25, 0.3) is 0 Å². The van der Waals surface area contributed by atoms with Crippen molar-refractivity contribution in [3.8, 4) is 0 Å². The molecule has 2 rings (SSSR count). The molecule has 0 fully saturated rings. The Balaban J connectivity index is 2.50. The van der Waals surface area contributed by atoms with Crippen LogP contribution in [0.25, 0.3) is 11.0 Å². The predicted molar refractivity (Wildman–Crippen MR) is 52.3 cm³/mol. The highest BCUT2D eigenvalue weighted by atomic mass is 16.3. The average Bonchev–Trinajstić information content (AvgIpc) is 2.61. The van der Waals surface area contributed by atoms with Gasteiger partial charge < -0.3 is 9.52 Å². The number of aliphatic hydroxyl groups excluding tert-OH is 1. The van der Waals surface area contributed by atoms with Crippen LogP contribution in [-0.4, -0.2) is 10.9 Å². The minimum atomic E-state index is -0.344. The van der Waals surface area contributed by atoms with Crippen LogP contribution in [0.15, 0.2) is 47.1 Å². The minimum absolute atomic E-state index is 0.233. The second-order valence-corrected chi connectivity index (χ2v) is 2.83. The molecule has 70 valence electrons. The predicted octanol–water partition coefficient (Wildman–Crippen LogP) is 2.69. The lowest BCUT2D eigenvalue weighted by Crippen LogP contribution is -1.89. The average molecular weight is 188 g/mol. The van der Waals surface area contributed by atoms with Gasteiger partial charge in [-0.15, -0.1) is 0 Å². The number of rotatable bonds is 2. The Bertz CT molecular complexity index is 461. The Morgan fingerprint density at radius 2 is 2.14 bits per heavy atom. The molecular formula is C11H8O3. The number of carbonyl (C=O) groups excluding carboxylic acids is 1. The summed E-state index contributed by atoms with van der Waals surface area (Å²) in [4.78, 5) is 11.3. The number of aliphatic hydroxyl groups is 1. The minimum Gasteiger partial charge on any atom is -0.515 e. The van der Waals surface area contributed by atoms with Crippen LogP contribution in [0.4, 0.5) is 0 Å². The van der Waals surface area contributed by atoms with Gasteiger partial charge in [0.15, 0.2) is 5.76 Å². The quantitative estimate of drug-likeness (QED) is 0.447. The third-order valence-electron chi connectivity index (χ3n) is 1.89. The molecule has 14 heavy (non-hydrogen) atoms. The number of para-hydroxylation sites is 1. The third kappa shape index (κ3) is 1.40. The number of fused-ring (bicyclic) bond motifs is 1. The monoisotopic (exact) mass is 188 g/mol. The van der Waals surface area contributed by atoms with Crippen molar-refractivity contribution < 1.29 is 14.3 Å². The van der Waals surface area contributed by atoms with E-state index in [1.807, 2.05) is 18.2 Å². The highest BCUT2D eigenvalue weighted by Crippen LogP contribution is 2.19. The number of carbonyl (C=O) groups is 1. The first kappa shape index (κ1) is 8.56. The zero-order valence-corrected chi connectivity index (χ0v) is 7.31. The van der Waals surface area contributed by atoms with Gasteiger partial charge in [-0.05, 0) is 12.1 Å². The summed E-state index contributed by atoms with van der Waals surface area (Å²) in [6, 6.07) is 9.00. The number of hydrogen-bond acceptors (Lipinski definition) is 3. The van der Waals surface area contributed by atoms with Gasteiger partial charge in [0.1, 0.15) is 5.58 Å². The van der Waals surface area contributed by atoms with Crippen LogP contribution in [0.5, 0.6) is 0 Å². The van der Waals surface area contributed by atoms with E-state index in [-0.39, 0.29) is 11.5 Å². The van der Waals surface area contributed by atoms with Crippen LogP contribution in [0.2, 0.25) is 0 Å². The molecule has 1 aromatic carbocycles. The highest BCUT2D eigenvalue weighted by Gasteiger charge is 2.08. The van der Waals surface area contributed by atoms with E-state index >= 15 is 0 Å². The van der Waals surface area contributed by atoms with Crippen LogP contribution < -0.4 is 0 Å². The van der Waals surface area contributed by atoms with Gasteiger partial charge in [-0.1, -0.05) is 18.2 Å². The Hall–Kier alpha value is -2.03. The fourth-order valence-corrected chi connectivity index (χ4v) is 1.25. The highest BCUT2D eigenvalue weighted by molar-refractivity contribution is 6.04. The summed E-state index contributed by atoms with van der Waals surface area (Å²) in [5.74, 6) is -0.111. The maximum atomic E-state index is 11.3. The van der Waals surface area contributed by atoms with Gasteiger partial charge in [0.2, 0.25) is 5.78 Å². The van der Waals surface area contributed by atoms with Gasteiger partial charge >= 0.3 is 0 Å². The molecule has 0 amide bonds. The molecule has 0 bridgehead atoms. The molecule has 1 N–H and O–H groups in total. The van der Waals surface area contributed by atoms with E-state index < -0.39 is 0 Å². The smallest absolute Gasteiger partial charge is 0.224 e. The van der Waals surface area contributed by atoms with Gasteiger partial charge in [-0.3, -0.25) is 4.79 Å². The lowest BCUT2D eigenvalue weighted by Gasteiger charge is -1.85. The number of allylic oxidation sites excluding steroid dienone is 1. The largest absolute Gasteiger partial charge is 0.515 e. The fourth-order valence-electron chi connectivity index (χ4n) is 1.25. The van der Waals surface area contributed by atoms with Gasteiger partial charge in [-0.25, -0.2) is 0 Å². The molecule has 3 nitrogen and oxygen atoms in total. The van der Waals surface area contributed by atoms with Crippen molar-refractivity contribution in [3.63, 3.8) is 0 Å². The fraction of sp³-hybridized carbons (Fsp3) is 0. The van der Waals surface area contributed by atoms with Crippen LogP contribution >= 0.6 is 0 Å². The standard InChI is InChI=1S/C11H8O3/c12-6-5-9(13)11-7-8-3-1-2-4-10(8)14-11/h1-7,12H/b6-5+. The Morgan fingerprint density at radius 1 is 1.36 bits per heavy atom. The molecule has 1 heterocycles. The summed E-state index contributed by atoms with van der Waals surface area (Å²) in [5, 5.41) is 9.31. The van der Waals surface area contributed by atoms with Gasteiger partial charge in [0.05, 0.1) is 6.26 Å². The number of furan rings is 1. The summed E-state index contributed by atoms with van der Waals surface area (Å²) >= 11 is 0. The molecule has 0 atom stereocenters. The van der Waals surface area contributed by atoms with E-state index in [9.17, 15) is 4.79 Å². The van der Waals surface area contributed by atoms with Crippen LogP contribution in [0.3, 0.4) is 0 Å². The van der Waals surface area contributed by atoms with Crippen molar-refractivity contribution in [3.05, 3.63) is 48.4 Å². The first-order valence-corrected chi connectivity index (χ1v) is 4.15. The van der Waals surface area contributed by atoms with E-state index in [1.165, 1.54) is 0 Å². The zero-order valence-electron chi connectivity index (χ0n) is 7.31. The summed E-state index contributed by atoms with van der Waals surface area (Å²) in [6.45, 7) is 0. The molecule has 0 saturated heterocycles. The summed E-state index contributed by atoms with van der Waals surface area (Å²) < 4.78 is 5.27. The molecule has 0 aliphatic heterocycles. The summed E-state index contributed by atoms with van der Waals surface area (Å²) in [5.41, 5.74) is 0.669. The van der Waals surface area contributed by atoms with E-state index in [4.69, 9.17) is 9.52 Å². The van der Waals surface area contributed by atoms with Crippen molar-refractivity contribution in [1.29, 1.82) is 0 Å².